The molecule has 120 valence electrons. The largest absolute Gasteiger partial charge is 0.497 e. The number of amides is 2. The summed E-state index contributed by atoms with van der Waals surface area (Å²) in [6, 6.07) is 7.67. The molecule has 22 heavy (non-hydrogen) atoms. The maximum Gasteiger partial charge on any atom is 0.223 e. The maximum atomic E-state index is 12.3. The van der Waals surface area contributed by atoms with E-state index in [4.69, 9.17) is 4.74 Å². The number of nitrogens with zero attached hydrogens (tertiary/aromatic N) is 1. The second-order valence-electron chi connectivity index (χ2n) is 5.78. The van der Waals surface area contributed by atoms with Gasteiger partial charge in [0.15, 0.2) is 0 Å². The quantitative estimate of drug-likeness (QED) is 0.927. The zero-order valence-electron chi connectivity index (χ0n) is 13.5. The van der Waals surface area contributed by atoms with Crippen molar-refractivity contribution < 1.29 is 14.3 Å². The van der Waals surface area contributed by atoms with E-state index in [1.54, 1.807) is 18.9 Å². The van der Waals surface area contributed by atoms with Gasteiger partial charge in [-0.05, 0) is 37.5 Å². The Hall–Kier alpha value is -2.04. The lowest BCUT2D eigenvalue weighted by atomic mass is 9.95. The lowest BCUT2D eigenvalue weighted by Gasteiger charge is -2.31. The predicted octanol–water partition coefficient (Wildman–Crippen LogP) is 2.13. The van der Waals surface area contributed by atoms with Crippen molar-refractivity contribution in [1.29, 1.82) is 0 Å². The number of carbonyl (C=O) groups excluding carboxylic acids is 2. The van der Waals surface area contributed by atoms with Crippen LogP contribution >= 0.6 is 0 Å². The van der Waals surface area contributed by atoms with Crippen LogP contribution in [0.2, 0.25) is 0 Å². The van der Waals surface area contributed by atoms with E-state index >= 15 is 0 Å². The molecule has 2 amide bonds. The first-order chi connectivity index (χ1) is 10.5. The molecule has 1 atom stereocenters. The molecule has 1 aliphatic rings. The second-order valence-corrected chi connectivity index (χ2v) is 5.78. The van der Waals surface area contributed by atoms with Crippen LogP contribution in [0.25, 0.3) is 0 Å². The van der Waals surface area contributed by atoms with Gasteiger partial charge in [-0.2, -0.15) is 0 Å². The highest BCUT2D eigenvalue weighted by atomic mass is 16.5. The van der Waals surface area contributed by atoms with Crippen LogP contribution in [0.5, 0.6) is 5.75 Å². The minimum atomic E-state index is -0.0377. The standard InChI is InChI=1S/C17H24N2O3/c1-12(14-4-6-16(22-3)7-5-14)18-17(21)15-8-10-19(11-9-15)13(2)20/h4-7,12,15H,8-11H2,1-3H3,(H,18,21)/t12-/m0/s1. The fourth-order valence-electron chi connectivity index (χ4n) is 2.76. The molecule has 0 radical (unpaired) electrons. The molecule has 5 nitrogen and oxygen atoms in total. The number of hydrogen-bond donors (Lipinski definition) is 1. The molecule has 0 unspecified atom stereocenters. The molecule has 1 aromatic rings. The summed E-state index contributed by atoms with van der Waals surface area (Å²) in [5.74, 6) is 0.965. The number of rotatable bonds is 4. The molecule has 1 N–H and O–H groups in total. The Morgan fingerprint density at radius 3 is 2.32 bits per heavy atom. The van der Waals surface area contributed by atoms with E-state index in [1.807, 2.05) is 31.2 Å². The fourth-order valence-corrected chi connectivity index (χ4v) is 2.76. The van der Waals surface area contributed by atoms with Gasteiger partial charge in [0.2, 0.25) is 11.8 Å². The summed E-state index contributed by atoms with van der Waals surface area (Å²) >= 11 is 0. The van der Waals surface area contributed by atoms with Crippen LogP contribution in [0, 0.1) is 5.92 Å². The van der Waals surface area contributed by atoms with Crippen LogP contribution in [0.15, 0.2) is 24.3 Å². The lowest BCUT2D eigenvalue weighted by molar-refractivity contribution is -0.134. The SMILES string of the molecule is COc1ccc([C@H](C)NC(=O)C2CCN(C(C)=O)CC2)cc1. The van der Waals surface area contributed by atoms with Gasteiger partial charge in [-0.15, -0.1) is 0 Å². The Kier molecular flexibility index (Phi) is 5.41. The molecule has 1 fully saturated rings. The molecule has 0 spiro atoms. The Balaban J connectivity index is 1.87. The average Bonchev–Trinajstić information content (AvgIpc) is 2.54. The first-order valence-electron chi connectivity index (χ1n) is 7.71. The first-order valence-corrected chi connectivity index (χ1v) is 7.71. The van der Waals surface area contributed by atoms with E-state index in [2.05, 4.69) is 5.32 Å². The molecular weight excluding hydrogens is 280 g/mol. The number of benzene rings is 1. The third-order valence-electron chi connectivity index (χ3n) is 4.29. The molecule has 1 saturated heterocycles. The normalized spacial score (nSPS) is 17.0. The maximum absolute atomic E-state index is 12.3. The summed E-state index contributed by atoms with van der Waals surface area (Å²) in [4.78, 5) is 25.5. The van der Waals surface area contributed by atoms with Crippen LogP contribution in [0.1, 0.15) is 38.3 Å². The highest BCUT2D eigenvalue weighted by Gasteiger charge is 2.26. The van der Waals surface area contributed by atoms with E-state index in [9.17, 15) is 9.59 Å². The minimum absolute atomic E-state index is 0.00343. The first kappa shape index (κ1) is 16.3. The molecule has 0 bridgehead atoms. The predicted molar refractivity (Wildman–Crippen MR) is 84.5 cm³/mol. The van der Waals surface area contributed by atoms with Gasteiger partial charge in [0.25, 0.3) is 0 Å². The van der Waals surface area contributed by atoms with Crippen molar-refractivity contribution in [2.45, 2.75) is 32.7 Å². The highest BCUT2D eigenvalue weighted by molar-refractivity contribution is 5.80. The van der Waals surface area contributed by atoms with E-state index in [-0.39, 0.29) is 23.8 Å². The number of hydrogen-bond acceptors (Lipinski definition) is 3. The Bertz CT molecular complexity index is 519. The third kappa shape index (κ3) is 4.00. The van der Waals surface area contributed by atoms with E-state index in [0.29, 0.717) is 13.1 Å². The Labute approximate surface area is 131 Å². The van der Waals surface area contributed by atoms with Gasteiger partial charge >= 0.3 is 0 Å². The van der Waals surface area contributed by atoms with Crippen molar-refractivity contribution in [1.82, 2.24) is 10.2 Å². The molecule has 0 saturated carbocycles. The van der Waals surface area contributed by atoms with Gasteiger partial charge in [0.05, 0.1) is 13.2 Å². The topological polar surface area (TPSA) is 58.6 Å². The third-order valence-corrected chi connectivity index (χ3v) is 4.29. The zero-order valence-corrected chi connectivity index (χ0v) is 13.5. The van der Waals surface area contributed by atoms with Crippen LogP contribution in [0.4, 0.5) is 0 Å². The number of likely N-dealkylation sites (tertiary alicyclic amines) is 1. The molecule has 1 aliphatic heterocycles. The molecule has 5 heteroatoms. The van der Waals surface area contributed by atoms with Crippen molar-refractivity contribution in [3.05, 3.63) is 29.8 Å². The van der Waals surface area contributed by atoms with Crippen LogP contribution in [0.3, 0.4) is 0 Å². The number of nitrogens with one attached hydrogen (secondary N) is 1. The highest BCUT2D eigenvalue weighted by Crippen LogP contribution is 2.21. The van der Waals surface area contributed by atoms with Gasteiger partial charge in [0.1, 0.15) is 5.75 Å². The van der Waals surface area contributed by atoms with Gasteiger partial charge in [-0.25, -0.2) is 0 Å². The molecule has 0 aliphatic carbocycles. The number of carbonyl (C=O) groups is 2. The van der Waals surface area contributed by atoms with Gasteiger partial charge in [-0.3, -0.25) is 9.59 Å². The van der Waals surface area contributed by atoms with Crippen molar-refractivity contribution in [3.63, 3.8) is 0 Å². The summed E-state index contributed by atoms with van der Waals surface area (Å²) in [5.41, 5.74) is 1.05. The molecule has 1 heterocycles. The average molecular weight is 304 g/mol. The minimum Gasteiger partial charge on any atom is -0.497 e. The van der Waals surface area contributed by atoms with Crippen molar-refractivity contribution in [2.75, 3.05) is 20.2 Å². The summed E-state index contributed by atoms with van der Waals surface area (Å²) in [5, 5.41) is 3.06. The zero-order chi connectivity index (χ0) is 16.1. The van der Waals surface area contributed by atoms with Crippen LogP contribution in [-0.4, -0.2) is 36.9 Å². The van der Waals surface area contributed by atoms with Crippen molar-refractivity contribution in [3.8, 4) is 5.75 Å². The second kappa shape index (κ2) is 7.29. The molecular formula is C17H24N2O3. The fraction of sp³-hybridized carbons (Fsp3) is 0.529. The molecule has 2 rings (SSSR count). The van der Waals surface area contributed by atoms with E-state index in [1.165, 1.54) is 0 Å². The van der Waals surface area contributed by atoms with Crippen LogP contribution < -0.4 is 10.1 Å². The smallest absolute Gasteiger partial charge is 0.223 e. The van der Waals surface area contributed by atoms with E-state index < -0.39 is 0 Å². The number of piperidine rings is 1. The number of ether oxygens (including phenoxy) is 1. The summed E-state index contributed by atoms with van der Waals surface area (Å²) in [6.07, 6.45) is 1.47. The van der Waals surface area contributed by atoms with Crippen LogP contribution in [-0.2, 0) is 9.59 Å². The Morgan fingerprint density at radius 1 is 1.23 bits per heavy atom. The van der Waals surface area contributed by atoms with Crippen molar-refractivity contribution >= 4 is 11.8 Å². The van der Waals surface area contributed by atoms with Gasteiger partial charge in [0, 0.05) is 25.9 Å². The van der Waals surface area contributed by atoms with Crippen molar-refractivity contribution in [2.24, 2.45) is 5.92 Å². The monoisotopic (exact) mass is 304 g/mol. The lowest BCUT2D eigenvalue weighted by Crippen LogP contribution is -2.42. The summed E-state index contributed by atoms with van der Waals surface area (Å²) < 4.78 is 5.14. The molecule has 1 aromatic carbocycles. The van der Waals surface area contributed by atoms with Gasteiger partial charge < -0.3 is 15.0 Å². The Morgan fingerprint density at radius 2 is 1.82 bits per heavy atom. The van der Waals surface area contributed by atoms with Gasteiger partial charge in [-0.1, -0.05) is 12.1 Å². The summed E-state index contributed by atoms with van der Waals surface area (Å²) in [6.45, 7) is 4.89. The summed E-state index contributed by atoms with van der Waals surface area (Å²) in [7, 11) is 1.63. The van der Waals surface area contributed by atoms with E-state index in [0.717, 1.165) is 24.2 Å². The molecule has 0 aromatic heterocycles. The number of methoxy groups -OCH3 is 1.